The number of aryl methyl sites for hydroxylation is 1. The van der Waals surface area contributed by atoms with E-state index in [0.717, 1.165) is 30.6 Å². The molecule has 0 fully saturated rings. The minimum Gasteiger partial charge on any atom is -0.507 e. The summed E-state index contributed by atoms with van der Waals surface area (Å²) in [5.41, 5.74) is 4.63. The quantitative estimate of drug-likeness (QED) is 0.768. The van der Waals surface area contributed by atoms with E-state index in [1.165, 1.54) is 42.4 Å². The van der Waals surface area contributed by atoms with Gasteiger partial charge in [0.1, 0.15) is 17.1 Å². The lowest BCUT2D eigenvalue weighted by Crippen LogP contribution is -2.33. The number of rotatable bonds is 4. The number of benzene rings is 1. The van der Waals surface area contributed by atoms with Crippen molar-refractivity contribution in [3.05, 3.63) is 28.8 Å². The Morgan fingerprint density at radius 2 is 2.00 bits per heavy atom. The van der Waals surface area contributed by atoms with Crippen molar-refractivity contribution < 1.29 is 9.84 Å². The third kappa shape index (κ3) is 2.56. The maximum Gasteiger partial charge on any atom is 0.132 e. The molecule has 0 unspecified atom stereocenters. The Bertz CT molecular complexity index is 581. The average Bonchev–Trinajstić information content (AvgIpc) is 2.88. The Morgan fingerprint density at radius 3 is 2.76 bits per heavy atom. The topological polar surface area (TPSA) is 29.5 Å². The summed E-state index contributed by atoms with van der Waals surface area (Å²) in [6.07, 6.45) is 7.98. The van der Waals surface area contributed by atoms with E-state index >= 15 is 0 Å². The van der Waals surface area contributed by atoms with Crippen LogP contribution >= 0.6 is 0 Å². The van der Waals surface area contributed by atoms with Crippen molar-refractivity contribution >= 4 is 5.57 Å². The van der Waals surface area contributed by atoms with Crippen LogP contribution in [0.1, 0.15) is 70.4 Å². The molecule has 0 radical (unpaired) electrons. The van der Waals surface area contributed by atoms with Crippen molar-refractivity contribution in [2.24, 2.45) is 0 Å². The first-order valence-electron chi connectivity index (χ1n) is 8.30. The van der Waals surface area contributed by atoms with Gasteiger partial charge in [-0.3, -0.25) is 0 Å². The summed E-state index contributed by atoms with van der Waals surface area (Å²) in [6.45, 7) is 6.51. The molecule has 3 rings (SSSR count). The van der Waals surface area contributed by atoms with Gasteiger partial charge >= 0.3 is 0 Å². The highest BCUT2D eigenvalue weighted by molar-refractivity contribution is 5.82. The molecular weight excluding hydrogens is 260 g/mol. The highest BCUT2D eigenvalue weighted by Gasteiger charge is 2.38. The van der Waals surface area contributed by atoms with Crippen molar-refractivity contribution in [3.63, 3.8) is 0 Å². The normalized spacial score (nSPS) is 19.2. The van der Waals surface area contributed by atoms with Gasteiger partial charge in [0.15, 0.2) is 0 Å². The van der Waals surface area contributed by atoms with Gasteiger partial charge < -0.3 is 9.84 Å². The van der Waals surface area contributed by atoms with Gasteiger partial charge in [-0.05, 0) is 74.8 Å². The van der Waals surface area contributed by atoms with Crippen molar-refractivity contribution in [1.29, 1.82) is 0 Å². The number of allylic oxidation sites excluding steroid dienone is 1. The standard InChI is InChI=1S/C19H26O2/c1-4-5-6-8-13-11-16(20)18-14-9-7-10-15(14)19(2,3)21-17(18)12-13/h11-12,20H,4-10H2,1-3H3. The molecule has 21 heavy (non-hydrogen) atoms. The molecule has 0 spiro atoms. The molecular formula is C19H26O2. The number of phenols is 1. The molecule has 0 saturated carbocycles. The van der Waals surface area contributed by atoms with E-state index in [4.69, 9.17) is 4.74 Å². The Hall–Kier alpha value is -1.44. The molecule has 1 aromatic rings. The zero-order valence-corrected chi connectivity index (χ0v) is 13.5. The number of hydrogen-bond donors (Lipinski definition) is 1. The van der Waals surface area contributed by atoms with Crippen LogP contribution < -0.4 is 4.74 Å². The first-order chi connectivity index (χ1) is 10.0. The number of aromatic hydroxyl groups is 1. The molecule has 2 heteroatoms. The van der Waals surface area contributed by atoms with Gasteiger partial charge in [0.2, 0.25) is 0 Å². The monoisotopic (exact) mass is 286 g/mol. The Labute approximate surface area is 127 Å². The minimum absolute atomic E-state index is 0.229. The third-order valence-corrected chi connectivity index (χ3v) is 4.82. The van der Waals surface area contributed by atoms with Crippen molar-refractivity contribution in [2.75, 3.05) is 0 Å². The van der Waals surface area contributed by atoms with Crippen molar-refractivity contribution in [2.45, 2.75) is 71.3 Å². The second kappa shape index (κ2) is 5.40. The van der Waals surface area contributed by atoms with Crippen LogP contribution in [-0.4, -0.2) is 10.7 Å². The fourth-order valence-electron chi connectivity index (χ4n) is 3.78. The van der Waals surface area contributed by atoms with Gasteiger partial charge in [-0.1, -0.05) is 19.8 Å². The van der Waals surface area contributed by atoms with Crippen molar-refractivity contribution in [3.8, 4) is 11.5 Å². The van der Waals surface area contributed by atoms with Gasteiger partial charge in [0.05, 0.1) is 5.56 Å². The smallest absolute Gasteiger partial charge is 0.132 e. The molecule has 1 aliphatic heterocycles. The lowest BCUT2D eigenvalue weighted by Gasteiger charge is -2.35. The molecule has 0 aromatic heterocycles. The number of ether oxygens (including phenoxy) is 1. The SMILES string of the molecule is CCCCCc1cc(O)c2c(c1)OC(C)(C)C1=C2CCC1. The third-order valence-electron chi connectivity index (χ3n) is 4.82. The van der Waals surface area contributed by atoms with E-state index < -0.39 is 0 Å². The Balaban J connectivity index is 1.98. The lowest BCUT2D eigenvalue weighted by molar-refractivity contribution is 0.141. The number of fused-ring (bicyclic) bond motifs is 2. The summed E-state index contributed by atoms with van der Waals surface area (Å²) in [5.74, 6) is 1.29. The van der Waals surface area contributed by atoms with Crippen molar-refractivity contribution in [1.82, 2.24) is 0 Å². The number of hydrogen-bond acceptors (Lipinski definition) is 2. The van der Waals surface area contributed by atoms with Gasteiger partial charge in [0, 0.05) is 0 Å². The summed E-state index contributed by atoms with van der Waals surface area (Å²) >= 11 is 0. The molecule has 0 atom stereocenters. The van der Waals surface area contributed by atoms with E-state index in [-0.39, 0.29) is 5.60 Å². The van der Waals surface area contributed by atoms with Crippen LogP contribution in [0.25, 0.3) is 5.57 Å². The van der Waals surface area contributed by atoms with E-state index in [2.05, 4.69) is 26.8 Å². The number of phenolic OH excluding ortho intramolecular Hbond substituents is 1. The summed E-state index contributed by atoms with van der Waals surface area (Å²) in [4.78, 5) is 0. The fourth-order valence-corrected chi connectivity index (χ4v) is 3.78. The van der Waals surface area contributed by atoms with Crippen LogP contribution in [-0.2, 0) is 6.42 Å². The zero-order valence-electron chi connectivity index (χ0n) is 13.5. The molecule has 1 aliphatic carbocycles. The van der Waals surface area contributed by atoms with Crippen LogP contribution in [0, 0.1) is 0 Å². The van der Waals surface area contributed by atoms with Crippen LogP contribution in [0.3, 0.4) is 0 Å². The van der Waals surface area contributed by atoms with Crippen LogP contribution in [0.2, 0.25) is 0 Å². The summed E-state index contributed by atoms with van der Waals surface area (Å²) < 4.78 is 6.24. The lowest BCUT2D eigenvalue weighted by atomic mass is 9.87. The van der Waals surface area contributed by atoms with Crippen LogP contribution in [0.4, 0.5) is 0 Å². The predicted molar refractivity (Wildman–Crippen MR) is 86.8 cm³/mol. The molecule has 0 bridgehead atoms. The molecule has 2 aliphatic rings. The zero-order chi connectivity index (χ0) is 15.0. The minimum atomic E-state index is -0.229. The molecule has 1 heterocycles. The largest absolute Gasteiger partial charge is 0.507 e. The fraction of sp³-hybridized carbons (Fsp3) is 0.579. The molecule has 114 valence electrons. The molecule has 0 saturated heterocycles. The maximum absolute atomic E-state index is 10.5. The Morgan fingerprint density at radius 1 is 1.19 bits per heavy atom. The average molecular weight is 286 g/mol. The van der Waals surface area contributed by atoms with Gasteiger partial charge in [0.25, 0.3) is 0 Å². The van der Waals surface area contributed by atoms with Crippen LogP contribution in [0.15, 0.2) is 17.7 Å². The van der Waals surface area contributed by atoms with E-state index in [1.54, 1.807) is 0 Å². The maximum atomic E-state index is 10.5. The summed E-state index contributed by atoms with van der Waals surface area (Å²) in [5, 5.41) is 10.5. The molecule has 1 N–H and O–H groups in total. The summed E-state index contributed by atoms with van der Waals surface area (Å²) in [6, 6.07) is 4.09. The molecule has 0 amide bonds. The van der Waals surface area contributed by atoms with E-state index in [9.17, 15) is 5.11 Å². The second-order valence-electron chi connectivity index (χ2n) is 6.87. The van der Waals surface area contributed by atoms with Gasteiger partial charge in [-0.25, -0.2) is 0 Å². The highest BCUT2D eigenvalue weighted by atomic mass is 16.5. The first-order valence-corrected chi connectivity index (χ1v) is 8.30. The molecule has 2 nitrogen and oxygen atoms in total. The Kier molecular flexibility index (Phi) is 3.73. The number of unbranched alkanes of at least 4 members (excludes halogenated alkanes) is 2. The van der Waals surface area contributed by atoms with E-state index in [1.807, 2.05) is 6.07 Å². The van der Waals surface area contributed by atoms with Crippen LogP contribution in [0.5, 0.6) is 11.5 Å². The highest BCUT2D eigenvalue weighted by Crippen LogP contribution is 2.51. The second-order valence-corrected chi connectivity index (χ2v) is 6.87. The van der Waals surface area contributed by atoms with Gasteiger partial charge in [-0.15, -0.1) is 0 Å². The first kappa shape index (κ1) is 14.5. The predicted octanol–water partition coefficient (Wildman–Crippen LogP) is 5.23. The van der Waals surface area contributed by atoms with Gasteiger partial charge in [-0.2, -0.15) is 0 Å². The molecule has 1 aromatic carbocycles. The van der Waals surface area contributed by atoms with E-state index in [0.29, 0.717) is 5.75 Å². The summed E-state index contributed by atoms with van der Waals surface area (Å²) in [7, 11) is 0.